The van der Waals surface area contributed by atoms with Crippen molar-refractivity contribution in [2.24, 2.45) is 0 Å². The molecule has 1 N–H and O–H groups in total. The first kappa shape index (κ1) is 13.7. The third-order valence-corrected chi connectivity index (χ3v) is 3.63. The summed E-state index contributed by atoms with van der Waals surface area (Å²) in [5, 5.41) is 4.17. The fourth-order valence-corrected chi connectivity index (χ4v) is 2.57. The summed E-state index contributed by atoms with van der Waals surface area (Å²) in [5.41, 5.74) is 0. The molecule has 2 unspecified atom stereocenters. The fourth-order valence-electron chi connectivity index (χ4n) is 1.90. The van der Waals surface area contributed by atoms with E-state index in [2.05, 4.69) is 33.5 Å². The van der Waals surface area contributed by atoms with Gasteiger partial charge in [-0.2, -0.15) is 4.37 Å². The lowest BCUT2D eigenvalue weighted by molar-refractivity contribution is -0.0259. The molecule has 1 saturated heterocycles. The van der Waals surface area contributed by atoms with Gasteiger partial charge in [-0.05, 0) is 14.0 Å². The third kappa shape index (κ3) is 3.61. The van der Waals surface area contributed by atoms with Gasteiger partial charge in [0.2, 0.25) is 5.13 Å². The highest BCUT2D eigenvalue weighted by Gasteiger charge is 2.24. The Bertz CT molecular complexity index is 374. The van der Waals surface area contributed by atoms with Crippen LogP contribution in [-0.4, -0.2) is 60.3 Å². The summed E-state index contributed by atoms with van der Waals surface area (Å²) in [5.74, 6) is 0.721. The van der Waals surface area contributed by atoms with Crippen molar-refractivity contribution in [2.75, 3.05) is 39.2 Å². The van der Waals surface area contributed by atoms with E-state index in [9.17, 15) is 0 Å². The van der Waals surface area contributed by atoms with E-state index in [0.717, 1.165) is 30.7 Å². The highest BCUT2D eigenvalue weighted by atomic mass is 32.1. The summed E-state index contributed by atoms with van der Waals surface area (Å²) in [7, 11) is 3.76. The summed E-state index contributed by atoms with van der Waals surface area (Å²) >= 11 is 1.36. The van der Waals surface area contributed by atoms with Crippen LogP contribution in [-0.2, 0) is 16.1 Å². The number of ether oxygens (including phenoxy) is 2. The van der Waals surface area contributed by atoms with Crippen molar-refractivity contribution in [3.8, 4) is 0 Å². The zero-order valence-electron chi connectivity index (χ0n) is 11.0. The number of hydrogen-bond acceptors (Lipinski definition) is 7. The molecule has 1 aromatic heterocycles. The normalized spacial score (nSPS) is 22.9. The van der Waals surface area contributed by atoms with Crippen LogP contribution in [0.3, 0.4) is 0 Å². The van der Waals surface area contributed by atoms with Crippen LogP contribution in [0.5, 0.6) is 0 Å². The minimum Gasteiger partial charge on any atom is -0.377 e. The SMILES string of the molecule is COCc1nsc(NC(C)C2CN(C)CCO2)n1. The van der Waals surface area contributed by atoms with Gasteiger partial charge in [0, 0.05) is 31.7 Å². The molecule has 0 saturated carbocycles. The number of morpholine rings is 1. The van der Waals surface area contributed by atoms with Gasteiger partial charge in [0.25, 0.3) is 0 Å². The van der Waals surface area contributed by atoms with Crippen molar-refractivity contribution in [1.82, 2.24) is 14.3 Å². The third-order valence-electron chi connectivity index (χ3n) is 2.95. The van der Waals surface area contributed by atoms with Gasteiger partial charge in [0.1, 0.15) is 6.61 Å². The monoisotopic (exact) mass is 272 g/mol. The zero-order chi connectivity index (χ0) is 13.0. The Labute approximate surface area is 111 Å². The highest BCUT2D eigenvalue weighted by molar-refractivity contribution is 7.09. The van der Waals surface area contributed by atoms with Gasteiger partial charge in [0.15, 0.2) is 5.82 Å². The van der Waals surface area contributed by atoms with E-state index < -0.39 is 0 Å². The van der Waals surface area contributed by atoms with E-state index >= 15 is 0 Å². The summed E-state index contributed by atoms with van der Waals surface area (Å²) in [6.07, 6.45) is 0.193. The Balaban J connectivity index is 1.87. The smallest absolute Gasteiger partial charge is 0.202 e. The highest BCUT2D eigenvalue weighted by Crippen LogP contribution is 2.16. The van der Waals surface area contributed by atoms with Crippen LogP contribution in [0.1, 0.15) is 12.7 Å². The second-order valence-corrected chi connectivity index (χ2v) is 5.31. The molecule has 2 rings (SSSR count). The molecule has 1 aromatic rings. The Morgan fingerprint density at radius 1 is 1.67 bits per heavy atom. The van der Waals surface area contributed by atoms with Gasteiger partial charge in [-0.15, -0.1) is 0 Å². The second kappa shape index (κ2) is 6.42. The maximum atomic E-state index is 5.76. The van der Waals surface area contributed by atoms with Gasteiger partial charge in [-0.1, -0.05) is 0 Å². The van der Waals surface area contributed by atoms with Crippen molar-refractivity contribution < 1.29 is 9.47 Å². The van der Waals surface area contributed by atoms with E-state index in [1.165, 1.54) is 11.5 Å². The largest absolute Gasteiger partial charge is 0.377 e. The van der Waals surface area contributed by atoms with Crippen molar-refractivity contribution >= 4 is 16.7 Å². The maximum Gasteiger partial charge on any atom is 0.202 e. The minimum absolute atomic E-state index is 0.193. The molecule has 1 aliphatic heterocycles. The molecule has 102 valence electrons. The summed E-state index contributed by atoms with van der Waals surface area (Å²) in [4.78, 5) is 6.64. The van der Waals surface area contributed by atoms with E-state index in [-0.39, 0.29) is 12.1 Å². The Hall–Kier alpha value is -0.760. The molecule has 6 nitrogen and oxygen atoms in total. The van der Waals surface area contributed by atoms with E-state index in [0.29, 0.717) is 6.61 Å². The molecular weight excluding hydrogens is 252 g/mol. The number of nitrogens with zero attached hydrogens (tertiary/aromatic N) is 3. The lowest BCUT2D eigenvalue weighted by Crippen LogP contribution is -2.47. The number of aromatic nitrogens is 2. The molecule has 0 aromatic carbocycles. The number of nitrogens with one attached hydrogen (secondary N) is 1. The molecule has 7 heteroatoms. The number of likely N-dealkylation sites (N-methyl/N-ethyl adjacent to an activating group) is 1. The molecule has 2 heterocycles. The first-order valence-electron chi connectivity index (χ1n) is 6.07. The summed E-state index contributed by atoms with van der Waals surface area (Å²) in [6.45, 7) is 5.30. The molecule has 0 aliphatic carbocycles. The average molecular weight is 272 g/mol. The van der Waals surface area contributed by atoms with Gasteiger partial charge in [-0.3, -0.25) is 0 Å². The predicted octanol–water partition coefficient (Wildman–Crippen LogP) is 0.815. The number of hydrogen-bond donors (Lipinski definition) is 1. The van der Waals surface area contributed by atoms with Gasteiger partial charge in [-0.25, -0.2) is 4.98 Å². The number of anilines is 1. The molecule has 1 fully saturated rings. The average Bonchev–Trinajstić information content (AvgIpc) is 2.77. The van der Waals surface area contributed by atoms with Crippen LogP contribution >= 0.6 is 11.5 Å². The van der Waals surface area contributed by atoms with Crippen LogP contribution in [0.15, 0.2) is 0 Å². The maximum absolute atomic E-state index is 5.76. The topological polar surface area (TPSA) is 59.5 Å². The standard InChI is InChI=1S/C11H20N4O2S/c1-8(9-6-15(2)4-5-17-9)12-11-13-10(7-16-3)14-18-11/h8-9H,4-7H2,1-3H3,(H,12,13,14). The molecule has 0 radical (unpaired) electrons. The van der Waals surface area contributed by atoms with Gasteiger partial charge < -0.3 is 19.7 Å². The molecule has 0 spiro atoms. The van der Waals surface area contributed by atoms with Crippen molar-refractivity contribution in [2.45, 2.75) is 25.7 Å². The van der Waals surface area contributed by atoms with Crippen molar-refractivity contribution in [3.05, 3.63) is 5.82 Å². The summed E-state index contributed by atoms with van der Waals surface area (Å²) in [6, 6.07) is 0.219. The first-order chi connectivity index (χ1) is 8.69. The quantitative estimate of drug-likeness (QED) is 0.856. The summed E-state index contributed by atoms with van der Waals surface area (Å²) < 4.78 is 15.0. The minimum atomic E-state index is 0.193. The van der Waals surface area contributed by atoms with E-state index in [1.54, 1.807) is 7.11 Å². The van der Waals surface area contributed by atoms with Crippen molar-refractivity contribution in [1.29, 1.82) is 0 Å². The second-order valence-electron chi connectivity index (χ2n) is 4.55. The lowest BCUT2D eigenvalue weighted by atomic mass is 10.1. The van der Waals surface area contributed by atoms with E-state index in [4.69, 9.17) is 9.47 Å². The van der Waals surface area contributed by atoms with Gasteiger partial charge in [0.05, 0.1) is 18.8 Å². The fraction of sp³-hybridized carbons (Fsp3) is 0.818. The van der Waals surface area contributed by atoms with Crippen LogP contribution in [0.25, 0.3) is 0 Å². The Morgan fingerprint density at radius 3 is 3.22 bits per heavy atom. The first-order valence-corrected chi connectivity index (χ1v) is 6.84. The van der Waals surface area contributed by atoms with Crippen LogP contribution < -0.4 is 5.32 Å². The Kier molecular flexibility index (Phi) is 4.87. The molecule has 0 amide bonds. The van der Waals surface area contributed by atoms with Gasteiger partial charge >= 0.3 is 0 Å². The Morgan fingerprint density at radius 2 is 2.50 bits per heavy atom. The van der Waals surface area contributed by atoms with Crippen LogP contribution in [0.2, 0.25) is 0 Å². The molecular formula is C11H20N4O2S. The van der Waals surface area contributed by atoms with Crippen LogP contribution in [0, 0.1) is 0 Å². The molecule has 0 bridgehead atoms. The number of methoxy groups -OCH3 is 1. The predicted molar refractivity (Wildman–Crippen MR) is 70.9 cm³/mol. The molecule has 1 aliphatic rings. The molecule has 2 atom stereocenters. The van der Waals surface area contributed by atoms with Crippen molar-refractivity contribution in [3.63, 3.8) is 0 Å². The molecule has 18 heavy (non-hydrogen) atoms. The number of rotatable bonds is 5. The van der Waals surface area contributed by atoms with Crippen LogP contribution in [0.4, 0.5) is 5.13 Å². The van der Waals surface area contributed by atoms with E-state index in [1.807, 2.05) is 0 Å². The zero-order valence-corrected chi connectivity index (χ0v) is 11.9. The lowest BCUT2D eigenvalue weighted by Gasteiger charge is -2.33.